The molecular formula is C25H24F6O5S. The molecule has 2 unspecified atom stereocenters. The molecule has 37 heavy (non-hydrogen) atoms. The first-order valence-corrected chi connectivity index (χ1v) is 12.9. The van der Waals surface area contributed by atoms with Crippen LogP contribution in [0.1, 0.15) is 54.9 Å². The summed E-state index contributed by atoms with van der Waals surface area (Å²) in [7, 11) is -5.89. The Morgan fingerprint density at radius 3 is 1.51 bits per heavy atom. The molecule has 2 atom stereocenters. The second kappa shape index (κ2) is 8.45. The number of hydrogen-bond acceptors (Lipinski definition) is 4. The Bertz CT molecular complexity index is 1260. The molecule has 12 heteroatoms. The number of halogens is 6. The predicted octanol–water partition coefficient (Wildman–Crippen LogP) is 5.85. The van der Waals surface area contributed by atoms with Crippen molar-refractivity contribution in [2.45, 2.75) is 50.6 Å². The third kappa shape index (κ3) is 4.41. The number of rotatable bonds is 4. The molecule has 0 saturated carbocycles. The maximum absolute atomic E-state index is 14.0. The lowest BCUT2D eigenvalue weighted by molar-refractivity contribution is -0.362. The van der Waals surface area contributed by atoms with E-state index in [-0.39, 0.29) is 0 Å². The quantitative estimate of drug-likeness (QED) is 0.294. The largest absolute Gasteiger partial charge is 0.438 e. The molecule has 0 aliphatic heterocycles. The van der Waals surface area contributed by atoms with E-state index in [0.717, 1.165) is 11.1 Å². The third-order valence-electron chi connectivity index (χ3n) is 7.29. The Labute approximate surface area is 209 Å². The fourth-order valence-corrected chi connectivity index (χ4v) is 6.87. The number of ether oxygens (including phenoxy) is 1. The van der Waals surface area contributed by atoms with Crippen LogP contribution in [0.25, 0.3) is 0 Å². The minimum Gasteiger partial charge on any atom is -0.438 e. The minimum absolute atomic E-state index is 0.539. The summed E-state index contributed by atoms with van der Waals surface area (Å²) >= 11 is 0. The average molecular weight is 551 g/mol. The second-order valence-corrected chi connectivity index (χ2v) is 12.1. The summed E-state index contributed by atoms with van der Waals surface area (Å²) < 4.78 is 120. The van der Waals surface area contributed by atoms with Gasteiger partial charge in [-0.2, -0.15) is 34.8 Å². The Morgan fingerprint density at radius 2 is 1.19 bits per heavy atom. The first-order chi connectivity index (χ1) is 16.8. The average Bonchev–Trinajstić information content (AvgIpc) is 2.75. The van der Waals surface area contributed by atoms with Gasteiger partial charge in [0.1, 0.15) is 5.75 Å². The molecule has 3 aliphatic rings. The zero-order valence-corrected chi connectivity index (χ0v) is 20.7. The first-order valence-electron chi connectivity index (χ1n) is 11.3. The smallest absolute Gasteiger partial charge is 0.438 e. The number of esters is 1. The van der Waals surface area contributed by atoms with E-state index in [0.29, 0.717) is 11.1 Å². The fourth-order valence-electron chi connectivity index (χ4n) is 5.97. The van der Waals surface area contributed by atoms with Crippen molar-refractivity contribution in [3.8, 4) is 0 Å². The zero-order chi connectivity index (χ0) is 27.8. The van der Waals surface area contributed by atoms with Gasteiger partial charge >= 0.3 is 23.9 Å². The van der Waals surface area contributed by atoms with Crippen LogP contribution in [0.3, 0.4) is 0 Å². The van der Waals surface area contributed by atoms with Crippen molar-refractivity contribution in [2.75, 3.05) is 5.75 Å². The Morgan fingerprint density at radius 1 is 0.811 bits per heavy atom. The van der Waals surface area contributed by atoms with Gasteiger partial charge in [-0.25, -0.2) is 0 Å². The van der Waals surface area contributed by atoms with Crippen LogP contribution in [0.5, 0.6) is 0 Å². The Hall–Kier alpha value is -2.60. The number of carbonyl (C=O) groups is 1. The molecule has 2 aromatic carbocycles. The molecule has 3 aliphatic carbocycles. The van der Waals surface area contributed by atoms with Gasteiger partial charge in [0.25, 0.3) is 10.1 Å². The summed E-state index contributed by atoms with van der Waals surface area (Å²) in [5, 5.41) is 0. The molecule has 1 N–H and O–H groups in total. The van der Waals surface area contributed by atoms with Gasteiger partial charge in [-0.15, -0.1) is 0 Å². The molecule has 0 fully saturated rings. The first kappa shape index (κ1) is 27.4. The summed E-state index contributed by atoms with van der Waals surface area (Å²) in [4.78, 5) is 13.6. The molecule has 2 bridgehead atoms. The molecule has 5 nitrogen and oxygen atoms in total. The van der Waals surface area contributed by atoms with E-state index in [4.69, 9.17) is 4.55 Å². The monoisotopic (exact) mass is 550 g/mol. The standard InChI is InChI=1S/C25H24F6O5S/c1-22(2,3)20-18-15-10-6-4-8-13(15)17(14-9-5-7-11-16(14)18)19(20)21(32)36-23(24(26,27)28,25(29,30)31)12-37(33,34)35/h4-11,17-20H,12H2,1-3H3,(H,33,34,35). The SMILES string of the molecule is CC(C)(C)C1C2c3ccccc3C(c3ccccc32)C1C(=O)OC(CS(=O)(=O)O)(C(F)(F)F)C(F)(F)F. The van der Waals surface area contributed by atoms with Crippen LogP contribution in [0.15, 0.2) is 48.5 Å². The lowest BCUT2D eigenvalue weighted by atomic mass is 9.49. The molecule has 5 rings (SSSR count). The van der Waals surface area contributed by atoms with E-state index in [1.807, 2.05) is 12.1 Å². The molecule has 0 heterocycles. The molecule has 202 valence electrons. The number of benzene rings is 2. The number of alkyl halides is 6. The van der Waals surface area contributed by atoms with E-state index in [9.17, 15) is 39.6 Å². The van der Waals surface area contributed by atoms with Gasteiger partial charge in [0, 0.05) is 11.8 Å². The Kier molecular flexibility index (Phi) is 6.27. The van der Waals surface area contributed by atoms with E-state index < -0.39 is 68.9 Å². The maximum atomic E-state index is 14.0. The highest BCUT2D eigenvalue weighted by atomic mass is 32.2. The number of carbonyl (C=O) groups excluding carboxylic acids is 1. The van der Waals surface area contributed by atoms with Gasteiger partial charge in [-0.05, 0) is 33.6 Å². The lowest BCUT2D eigenvalue weighted by Crippen LogP contribution is -2.64. The molecule has 0 saturated heterocycles. The predicted molar refractivity (Wildman–Crippen MR) is 120 cm³/mol. The van der Waals surface area contributed by atoms with Gasteiger partial charge in [0.15, 0.2) is 0 Å². The third-order valence-corrected chi connectivity index (χ3v) is 8.06. The van der Waals surface area contributed by atoms with Crippen molar-refractivity contribution in [3.63, 3.8) is 0 Å². The van der Waals surface area contributed by atoms with E-state index in [2.05, 4.69) is 4.74 Å². The van der Waals surface area contributed by atoms with Crippen molar-refractivity contribution in [3.05, 3.63) is 70.8 Å². The van der Waals surface area contributed by atoms with E-state index in [1.54, 1.807) is 57.2 Å². The van der Waals surface area contributed by atoms with Gasteiger partial charge in [0.05, 0.1) is 5.92 Å². The maximum Gasteiger partial charge on any atom is 0.438 e. The van der Waals surface area contributed by atoms with Gasteiger partial charge < -0.3 is 4.74 Å². The minimum atomic E-state index is -6.39. The van der Waals surface area contributed by atoms with Crippen LogP contribution in [0, 0.1) is 17.3 Å². The van der Waals surface area contributed by atoms with E-state index in [1.165, 1.54) is 0 Å². The molecule has 2 aromatic rings. The molecular weight excluding hydrogens is 526 g/mol. The lowest BCUT2D eigenvalue weighted by Gasteiger charge is -2.54. The molecule has 0 aromatic heterocycles. The molecule has 0 spiro atoms. The summed E-state index contributed by atoms with van der Waals surface area (Å²) in [5.74, 6) is -8.51. The Balaban J connectivity index is 1.94. The highest BCUT2D eigenvalue weighted by molar-refractivity contribution is 7.85. The van der Waals surface area contributed by atoms with Crippen LogP contribution in [0.2, 0.25) is 0 Å². The summed E-state index contributed by atoms with van der Waals surface area (Å²) in [6.45, 7) is 5.18. The highest BCUT2D eigenvalue weighted by Gasteiger charge is 2.76. The van der Waals surface area contributed by atoms with Crippen LogP contribution < -0.4 is 0 Å². The van der Waals surface area contributed by atoms with Gasteiger partial charge in [0.2, 0.25) is 0 Å². The van der Waals surface area contributed by atoms with Crippen molar-refractivity contribution in [2.24, 2.45) is 17.3 Å². The summed E-state index contributed by atoms with van der Waals surface area (Å²) in [6, 6.07) is 13.8. The summed E-state index contributed by atoms with van der Waals surface area (Å²) in [6.07, 6.45) is -12.8. The van der Waals surface area contributed by atoms with Crippen LogP contribution >= 0.6 is 0 Å². The van der Waals surface area contributed by atoms with Crippen molar-refractivity contribution in [1.29, 1.82) is 0 Å². The topological polar surface area (TPSA) is 80.7 Å². The van der Waals surface area contributed by atoms with Crippen molar-refractivity contribution >= 4 is 16.1 Å². The van der Waals surface area contributed by atoms with Crippen LogP contribution in [0.4, 0.5) is 26.3 Å². The fraction of sp³-hybridized carbons (Fsp3) is 0.480. The number of fused-ring (bicyclic) bond motifs is 1. The summed E-state index contributed by atoms with van der Waals surface area (Å²) in [5.41, 5.74) is -3.48. The van der Waals surface area contributed by atoms with Gasteiger partial charge in [-0.3, -0.25) is 9.35 Å². The van der Waals surface area contributed by atoms with Crippen LogP contribution in [-0.4, -0.2) is 42.6 Å². The van der Waals surface area contributed by atoms with Crippen molar-refractivity contribution < 1.29 is 48.8 Å². The molecule has 0 radical (unpaired) electrons. The second-order valence-electron chi connectivity index (χ2n) is 10.6. The highest BCUT2D eigenvalue weighted by Crippen LogP contribution is 2.63. The van der Waals surface area contributed by atoms with Crippen molar-refractivity contribution in [1.82, 2.24) is 0 Å². The zero-order valence-electron chi connectivity index (χ0n) is 19.9. The van der Waals surface area contributed by atoms with E-state index >= 15 is 0 Å². The van der Waals surface area contributed by atoms with Gasteiger partial charge in [-0.1, -0.05) is 69.3 Å². The number of hydrogen-bond donors (Lipinski definition) is 1. The molecule has 0 amide bonds. The van der Waals surface area contributed by atoms with Crippen LogP contribution in [-0.2, 0) is 19.6 Å². The normalized spacial score (nSPS) is 23.8.